The lowest BCUT2D eigenvalue weighted by atomic mass is 10.1. The summed E-state index contributed by atoms with van der Waals surface area (Å²) in [5.41, 5.74) is 1.86. The number of hydrogen-bond acceptors (Lipinski definition) is 5. The summed E-state index contributed by atoms with van der Waals surface area (Å²) >= 11 is 5.95. The molecule has 24 heavy (non-hydrogen) atoms. The number of aromatic nitrogens is 4. The smallest absolute Gasteiger partial charge is 0.281 e. The summed E-state index contributed by atoms with van der Waals surface area (Å²) in [5.74, 6) is -2.48. The molecule has 0 spiro atoms. The number of rotatable bonds is 3. The summed E-state index contributed by atoms with van der Waals surface area (Å²) in [6, 6.07) is 5.86. The molecule has 1 saturated heterocycles. The minimum atomic E-state index is -2.84. The maximum Gasteiger partial charge on any atom is 0.281 e. The Hall–Kier alpha value is -2.32. The first-order valence-corrected chi connectivity index (χ1v) is 7.73. The number of fused-ring (bicyclic) bond motifs is 1. The van der Waals surface area contributed by atoms with E-state index in [9.17, 15) is 8.78 Å². The molecule has 3 aromatic rings. The van der Waals surface area contributed by atoms with Crippen LogP contribution in [0.1, 0.15) is 0 Å². The molecular weight excluding hydrogens is 338 g/mol. The minimum Gasteiger partial charge on any atom is -0.359 e. The van der Waals surface area contributed by atoms with E-state index in [4.69, 9.17) is 11.6 Å². The zero-order valence-corrected chi connectivity index (χ0v) is 13.1. The van der Waals surface area contributed by atoms with Crippen LogP contribution in [0, 0.1) is 0 Å². The summed E-state index contributed by atoms with van der Waals surface area (Å²) in [6.07, 6.45) is 3.17. The van der Waals surface area contributed by atoms with Crippen molar-refractivity contribution in [3.8, 4) is 11.3 Å². The molecule has 0 saturated carbocycles. The number of halogens is 3. The summed E-state index contributed by atoms with van der Waals surface area (Å²) in [7, 11) is 0. The first-order chi connectivity index (χ1) is 11.5. The van der Waals surface area contributed by atoms with Gasteiger partial charge in [0.05, 0.1) is 18.4 Å². The summed E-state index contributed by atoms with van der Waals surface area (Å²) in [5, 5.41) is 10.1. The van der Waals surface area contributed by atoms with E-state index >= 15 is 0 Å². The Morgan fingerprint density at radius 2 is 2.17 bits per heavy atom. The number of pyridine rings is 1. The fraction of sp³-hybridized carbons (Fsp3) is 0.267. The van der Waals surface area contributed by atoms with Gasteiger partial charge in [-0.3, -0.25) is 0 Å². The Kier molecular flexibility index (Phi) is 3.58. The van der Waals surface area contributed by atoms with Gasteiger partial charge < -0.3 is 10.6 Å². The van der Waals surface area contributed by atoms with Crippen molar-refractivity contribution in [3.05, 3.63) is 41.8 Å². The molecule has 0 aliphatic carbocycles. The number of alkyl halides is 2. The summed E-state index contributed by atoms with van der Waals surface area (Å²) in [4.78, 5) is 8.48. The Labute approximate surface area is 140 Å². The van der Waals surface area contributed by atoms with Crippen molar-refractivity contribution < 1.29 is 8.78 Å². The molecule has 2 N–H and O–H groups in total. The average molecular weight is 351 g/mol. The Morgan fingerprint density at radius 3 is 2.96 bits per heavy atom. The molecule has 1 aliphatic rings. The van der Waals surface area contributed by atoms with E-state index in [0.29, 0.717) is 27.9 Å². The molecule has 4 rings (SSSR count). The molecule has 1 fully saturated rings. The van der Waals surface area contributed by atoms with Crippen LogP contribution in [0.5, 0.6) is 0 Å². The molecular formula is C15H13ClF2N6. The molecule has 9 heteroatoms. The molecule has 4 heterocycles. The van der Waals surface area contributed by atoms with Crippen LogP contribution in [-0.4, -0.2) is 44.6 Å². The van der Waals surface area contributed by atoms with Gasteiger partial charge in [-0.15, -0.1) is 0 Å². The highest BCUT2D eigenvalue weighted by atomic mass is 35.5. The first-order valence-electron chi connectivity index (χ1n) is 7.35. The number of anilines is 1. The van der Waals surface area contributed by atoms with Crippen LogP contribution >= 0.6 is 11.6 Å². The third-order valence-corrected chi connectivity index (χ3v) is 4.14. The van der Waals surface area contributed by atoms with E-state index in [1.807, 2.05) is 0 Å². The van der Waals surface area contributed by atoms with E-state index in [-0.39, 0.29) is 13.1 Å². The molecule has 1 aliphatic heterocycles. The highest BCUT2D eigenvalue weighted by Crippen LogP contribution is 2.30. The standard InChI is InChI=1S/C15H13ClF2N6/c16-12-3-4-13-21-6-10(24(13)23-12)9-2-1-5-20-14(9)22-11-7-19-8-15(11,17)18/h1-6,11,19H,7-8H2,(H,20,22). The lowest BCUT2D eigenvalue weighted by Crippen LogP contribution is -2.38. The van der Waals surface area contributed by atoms with Crippen LogP contribution < -0.4 is 10.6 Å². The SMILES string of the molecule is FC1(F)CNCC1Nc1ncccc1-c1cnc2ccc(Cl)nn12. The summed E-state index contributed by atoms with van der Waals surface area (Å²) < 4.78 is 29.3. The van der Waals surface area contributed by atoms with Crippen molar-refractivity contribution in [3.63, 3.8) is 0 Å². The highest BCUT2D eigenvalue weighted by Gasteiger charge is 2.44. The molecule has 0 aromatic carbocycles. The van der Waals surface area contributed by atoms with Crippen LogP contribution in [0.3, 0.4) is 0 Å². The second kappa shape index (κ2) is 5.64. The number of hydrogen-bond donors (Lipinski definition) is 2. The first kappa shape index (κ1) is 15.2. The fourth-order valence-corrected chi connectivity index (χ4v) is 2.88. The van der Waals surface area contributed by atoms with Crippen molar-refractivity contribution in [1.82, 2.24) is 24.9 Å². The van der Waals surface area contributed by atoms with Crippen molar-refractivity contribution in [1.29, 1.82) is 0 Å². The molecule has 0 radical (unpaired) electrons. The molecule has 0 amide bonds. The lowest BCUT2D eigenvalue weighted by Gasteiger charge is -2.21. The van der Waals surface area contributed by atoms with E-state index in [1.165, 1.54) is 0 Å². The van der Waals surface area contributed by atoms with E-state index in [2.05, 4.69) is 25.7 Å². The van der Waals surface area contributed by atoms with Crippen LogP contribution in [-0.2, 0) is 0 Å². The van der Waals surface area contributed by atoms with Crippen LogP contribution in [0.2, 0.25) is 5.15 Å². The van der Waals surface area contributed by atoms with Gasteiger partial charge in [0.2, 0.25) is 0 Å². The van der Waals surface area contributed by atoms with Crippen molar-refractivity contribution in [2.45, 2.75) is 12.0 Å². The zero-order valence-electron chi connectivity index (χ0n) is 12.4. The quantitative estimate of drug-likeness (QED) is 0.759. The molecule has 124 valence electrons. The normalized spacial score (nSPS) is 19.7. The maximum absolute atomic E-state index is 13.9. The number of nitrogens with one attached hydrogen (secondary N) is 2. The number of imidazole rings is 1. The molecule has 0 bridgehead atoms. The molecule has 1 atom stereocenters. The second-order valence-corrected chi connectivity index (χ2v) is 5.95. The number of nitrogens with zero attached hydrogens (tertiary/aromatic N) is 4. The monoisotopic (exact) mass is 350 g/mol. The topological polar surface area (TPSA) is 67.1 Å². The summed E-state index contributed by atoms with van der Waals surface area (Å²) in [6.45, 7) is -0.181. The molecule has 6 nitrogen and oxygen atoms in total. The van der Waals surface area contributed by atoms with Crippen LogP contribution in [0.4, 0.5) is 14.6 Å². The fourth-order valence-electron chi connectivity index (χ4n) is 2.74. The predicted molar refractivity (Wildman–Crippen MR) is 86.5 cm³/mol. The van der Waals surface area contributed by atoms with Gasteiger partial charge in [-0.2, -0.15) is 5.10 Å². The lowest BCUT2D eigenvalue weighted by molar-refractivity contribution is 0.0138. The highest BCUT2D eigenvalue weighted by molar-refractivity contribution is 6.29. The van der Waals surface area contributed by atoms with Gasteiger partial charge in [-0.05, 0) is 24.3 Å². The third-order valence-electron chi connectivity index (χ3n) is 3.94. The average Bonchev–Trinajstić information content (AvgIpc) is 3.11. The van der Waals surface area contributed by atoms with Gasteiger partial charge in [-0.25, -0.2) is 23.3 Å². The van der Waals surface area contributed by atoms with Gasteiger partial charge in [0.1, 0.15) is 17.0 Å². The molecule has 3 aromatic heterocycles. The minimum absolute atomic E-state index is 0.167. The van der Waals surface area contributed by atoms with Gasteiger partial charge in [0, 0.05) is 18.3 Å². The van der Waals surface area contributed by atoms with Gasteiger partial charge in [0.25, 0.3) is 5.92 Å². The van der Waals surface area contributed by atoms with Gasteiger partial charge in [0.15, 0.2) is 5.65 Å². The second-order valence-electron chi connectivity index (χ2n) is 5.56. The Balaban J connectivity index is 1.77. The van der Waals surface area contributed by atoms with E-state index < -0.39 is 12.0 Å². The van der Waals surface area contributed by atoms with Crippen LogP contribution in [0.15, 0.2) is 36.7 Å². The van der Waals surface area contributed by atoms with Crippen molar-refractivity contribution >= 4 is 23.1 Å². The van der Waals surface area contributed by atoms with Gasteiger partial charge in [-0.1, -0.05) is 11.6 Å². The van der Waals surface area contributed by atoms with Crippen molar-refractivity contribution in [2.24, 2.45) is 0 Å². The van der Waals surface area contributed by atoms with Gasteiger partial charge >= 0.3 is 0 Å². The van der Waals surface area contributed by atoms with E-state index in [0.717, 1.165) is 0 Å². The predicted octanol–water partition coefficient (Wildman–Crippen LogP) is 2.46. The Bertz CT molecular complexity index is 897. The Morgan fingerprint density at radius 1 is 1.29 bits per heavy atom. The maximum atomic E-state index is 13.9. The zero-order chi connectivity index (χ0) is 16.7. The van der Waals surface area contributed by atoms with Crippen molar-refractivity contribution in [2.75, 3.05) is 18.4 Å². The molecule has 1 unspecified atom stereocenters. The van der Waals surface area contributed by atoms with Crippen LogP contribution in [0.25, 0.3) is 16.9 Å². The third kappa shape index (κ3) is 2.57. The largest absolute Gasteiger partial charge is 0.359 e. The van der Waals surface area contributed by atoms with E-state index in [1.54, 1.807) is 41.2 Å².